The summed E-state index contributed by atoms with van der Waals surface area (Å²) in [5.74, 6) is 0. The van der Waals surface area contributed by atoms with Crippen molar-refractivity contribution in [3.63, 3.8) is 0 Å². The lowest BCUT2D eigenvalue weighted by Crippen LogP contribution is -2.42. The van der Waals surface area contributed by atoms with Crippen LogP contribution in [-0.2, 0) is 0 Å². The Morgan fingerprint density at radius 2 is 1.54 bits per heavy atom. The molecule has 1 atom stereocenters. The average Bonchev–Trinajstić information content (AvgIpc) is 2.85. The lowest BCUT2D eigenvalue weighted by Gasteiger charge is -2.43. The van der Waals surface area contributed by atoms with Crippen molar-refractivity contribution in [3.8, 4) is 0 Å². The van der Waals surface area contributed by atoms with Crippen LogP contribution in [0.1, 0.15) is 58.8 Å². The number of nitrogens with two attached hydrogens (primary N) is 1. The zero-order valence-electron chi connectivity index (χ0n) is 9.10. The zero-order valence-corrected chi connectivity index (χ0v) is 9.10. The van der Waals surface area contributed by atoms with Gasteiger partial charge in [-0.05, 0) is 43.4 Å². The molecular formula is C12H23N. The molecular weight excluding hydrogens is 158 g/mol. The van der Waals surface area contributed by atoms with E-state index in [1.807, 2.05) is 0 Å². The molecule has 0 aromatic heterocycles. The van der Waals surface area contributed by atoms with Gasteiger partial charge in [-0.25, -0.2) is 0 Å². The summed E-state index contributed by atoms with van der Waals surface area (Å²) in [6, 6.07) is 0.413. The highest BCUT2D eigenvalue weighted by atomic mass is 14.8. The van der Waals surface area contributed by atoms with Gasteiger partial charge >= 0.3 is 0 Å². The van der Waals surface area contributed by atoms with Gasteiger partial charge in [-0.1, -0.05) is 26.2 Å². The summed E-state index contributed by atoms with van der Waals surface area (Å²) in [4.78, 5) is 0. The maximum absolute atomic E-state index is 6.15. The summed E-state index contributed by atoms with van der Waals surface area (Å²) >= 11 is 0. The maximum atomic E-state index is 6.15. The molecule has 2 N–H and O–H groups in total. The molecule has 2 fully saturated rings. The average molecular weight is 181 g/mol. The van der Waals surface area contributed by atoms with Gasteiger partial charge in [0.25, 0.3) is 0 Å². The normalized spacial score (nSPS) is 32.5. The van der Waals surface area contributed by atoms with E-state index in [1.165, 1.54) is 44.9 Å². The third-order valence-corrected chi connectivity index (χ3v) is 4.82. The van der Waals surface area contributed by atoms with Gasteiger partial charge in [0, 0.05) is 6.04 Å². The summed E-state index contributed by atoms with van der Waals surface area (Å²) in [6.45, 7) is 4.70. The van der Waals surface area contributed by atoms with Gasteiger partial charge in [0.2, 0.25) is 0 Å². The molecule has 0 radical (unpaired) electrons. The fourth-order valence-electron chi connectivity index (χ4n) is 3.57. The van der Waals surface area contributed by atoms with Gasteiger partial charge in [0.1, 0.15) is 0 Å². The molecule has 0 aromatic carbocycles. The number of rotatable bonds is 2. The van der Waals surface area contributed by atoms with Crippen LogP contribution in [0.5, 0.6) is 0 Å². The number of hydrogen-bond acceptors (Lipinski definition) is 1. The Bertz CT molecular complexity index is 185. The Labute approximate surface area is 82.1 Å². The second-order valence-electron chi connectivity index (χ2n) is 5.57. The van der Waals surface area contributed by atoms with E-state index < -0.39 is 0 Å². The van der Waals surface area contributed by atoms with Crippen LogP contribution in [0.15, 0.2) is 0 Å². The largest absolute Gasteiger partial charge is 0.327 e. The molecule has 2 saturated carbocycles. The smallest absolute Gasteiger partial charge is 0.00722 e. The van der Waals surface area contributed by atoms with Crippen LogP contribution in [0.3, 0.4) is 0 Å². The van der Waals surface area contributed by atoms with Crippen molar-refractivity contribution in [2.75, 3.05) is 0 Å². The Morgan fingerprint density at radius 1 is 1.00 bits per heavy atom. The molecule has 0 spiro atoms. The van der Waals surface area contributed by atoms with Crippen LogP contribution in [-0.4, -0.2) is 6.04 Å². The van der Waals surface area contributed by atoms with Crippen LogP contribution < -0.4 is 5.73 Å². The van der Waals surface area contributed by atoms with E-state index in [9.17, 15) is 0 Å². The molecule has 2 aliphatic carbocycles. The third kappa shape index (κ3) is 1.32. The van der Waals surface area contributed by atoms with Crippen LogP contribution >= 0.6 is 0 Å². The summed E-state index contributed by atoms with van der Waals surface area (Å²) in [6.07, 6.45) is 9.95. The van der Waals surface area contributed by atoms with Crippen molar-refractivity contribution in [1.82, 2.24) is 0 Å². The second kappa shape index (κ2) is 2.98. The lowest BCUT2D eigenvalue weighted by atomic mass is 9.63. The van der Waals surface area contributed by atoms with Crippen LogP contribution in [0.25, 0.3) is 0 Å². The first-order valence-electron chi connectivity index (χ1n) is 5.86. The van der Waals surface area contributed by atoms with E-state index in [2.05, 4.69) is 13.8 Å². The SMILES string of the molecule is CC(N)C1(C2(C)CCCCC2)CC1. The Morgan fingerprint density at radius 3 is 1.92 bits per heavy atom. The van der Waals surface area contributed by atoms with Gasteiger partial charge in [-0.3, -0.25) is 0 Å². The second-order valence-corrected chi connectivity index (χ2v) is 5.57. The lowest BCUT2D eigenvalue weighted by molar-refractivity contribution is 0.0811. The number of hydrogen-bond donors (Lipinski definition) is 1. The molecule has 0 heterocycles. The van der Waals surface area contributed by atoms with E-state index in [0.29, 0.717) is 16.9 Å². The molecule has 13 heavy (non-hydrogen) atoms. The Hall–Kier alpha value is -0.0400. The van der Waals surface area contributed by atoms with E-state index >= 15 is 0 Å². The van der Waals surface area contributed by atoms with Crippen molar-refractivity contribution in [2.24, 2.45) is 16.6 Å². The minimum Gasteiger partial charge on any atom is -0.327 e. The maximum Gasteiger partial charge on any atom is 0.00722 e. The highest BCUT2D eigenvalue weighted by molar-refractivity contribution is 5.10. The van der Waals surface area contributed by atoms with Crippen molar-refractivity contribution in [2.45, 2.75) is 64.8 Å². The van der Waals surface area contributed by atoms with Gasteiger partial charge in [-0.15, -0.1) is 0 Å². The molecule has 1 heteroatoms. The minimum atomic E-state index is 0.413. The van der Waals surface area contributed by atoms with Crippen LogP contribution in [0, 0.1) is 10.8 Å². The fourth-order valence-corrected chi connectivity index (χ4v) is 3.57. The Balaban J connectivity index is 2.13. The molecule has 0 aliphatic heterocycles. The van der Waals surface area contributed by atoms with Crippen molar-refractivity contribution < 1.29 is 0 Å². The van der Waals surface area contributed by atoms with E-state index in [4.69, 9.17) is 5.73 Å². The van der Waals surface area contributed by atoms with Gasteiger partial charge in [0.15, 0.2) is 0 Å². The van der Waals surface area contributed by atoms with Crippen LogP contribution in [0.4, 0.5) is 0 Å². The van der Waals surface area contributed by atoms with E-state index in [-0.39, 0.29) is 0 Å². The minimum absolute atomic E-state index is 0.413. The van der Waals surface area contributed by atoms with Gasteiger partial charge in [0.05, 0.1) is 0 Å². The highest BCUT2D eigenvalue weighted by Crippen LogP contribution is 2.65. The van der Waals surface area contributed by atoms with Crippen molar-refractivity contribution in [3.05, 3.63) is 0 Å². The summed E-state index contributed by atoms with van der Waals surface area (Å²) in [5, 5.41) is 0. The van der Waals surface area contributed by atoms with E-state index in [0.717, 1.165) is 0 Å². The first-order valence-corrected chi connectivity index (χ1v) is 5.86. The molecule has 0 amide bonds. The highest BCUT2D eigenvalue weighted by Gasteiger charge is 2.58. The van der Waals surface area contributed by atoms with E-state index in [1.54, 1.807) is 0 Å². The quantitative estimate of drug-likeness (QED) is 0.696. The molecule has 76 valence electrons. The van der Waals surface area contributed by atoms with Gasteiger partial charge < -0.3 is 5.73 Å². The molecule has 0 saturated heterocycles. The summed E-state index contributed by atoms with van der Waals surface area (Å²) in [7, 11) is 0. The molecule has 0 bridgehead atoms. The topological polar surface area (TPSA) is 26.0 Å². The standard InChI is InChI=1S/C12H23N/c1-10(13)12(8-9-12)11(2)6-4-3-5-7-11/h10H,3-9,13H2,1-2H3. The summed E-state index contributed by atoms with van der Waals surface area (Å²) in [5.41, 5.74) is 7.27. The molecule has 0 aromatic rings. The predicted octanol–water partition coefficient (Wildman–Crippen LogP) is 3.08. The van der Waals surface area contributed by atoms with Gasteiger partial charge in [-0.2, -0.15) is 0 Å². The van der Waals surface area contributed by atoms with Crippen molar-refractivity contribution in [1.29, 1.82) is 0 Å². The zero-order chi connectivity index (χ0) is 9.53. The Kier molecular flexibility index (Phi) is 2.18. The molecule has 2 aliphatic rings. The predicted molar refractivity (Wildman–Crippen MR) is 56.5 cm³/mol. The molecule has 2 rings (SSSR count). The third-order valence-electron chi connectivity index (χ3n) is 4.82. The van der Waals surface area contributed by atoms with Crippen LogP contribution in [0.2, 0.25) is 0 Å². The molecule has 1 nitrogen and oxygen atoms in total. The first-order chi connectivity index (χ1) is 6.11. The molecule has 1 unspecified atom stereocenters. The monoisotopic (exact) mass is 181 g/mol. The first kappa shape index (κ1) is 9.51. The van der Waals surface area contributed by atoms with Crippen molar-refractivity contribution >= 4 is 0 Å². The fraction of sp³-hybridized carbons (Fsp3) is 1.00. The summed E-state index contributed by atoms with van der Waals surface area (Å²) < 4.78 is 0.